The molecule has 0 amide bonds. The minimum atomic E-state index is 0.402. The zero-order valence-electron chi connectivity index (χ0n) is 18.7. The summed E-state index contributed by atoms with van der Waals surface area (Å²) in [4.78, 5) is 4.38. The Bertz CT molecular complexity index is 788. The number of aryl methyl sites for hydroxylation is 1. The predicted octanol–water partition coefficient (Wildman–Crippen LogP) is 6.58. The van der Waals surface area contributed by atoms with E-state index in [2.05, 4.69) is 19.6 Å². The van der Waals surface area contributed by atoms with Gasteiger partial charge in [0.15, 0.2) is 5.01 Å². The maximum atomic E-state index is 5.75. The Morgan fingerprint density at radius 2 is 1.43 bits per heavy atom. The zero-order valence-corrected chi connectivity index (χ0v) is 19.5. The monoisotopic (exact) mass is 402 g/mol. The normalized spacial score (nSPS) is 9.04. The molecule has 1 aromatic carbocycles. The number of hydrogen-bond donors (Lipinski definition) is 0. The van der Waals surface area contributed by atoms with E-state index in [1.165, 1.54) is 11.5 Å². The fourth-order valence-corrected chi connectivity index (χ4v) is 2.77. The maximum absolute atomic E-state index is 5.75. The molecule has 28 heavy (non-hydrogen) atoms. The van der Waals surface area contributed by atoms with Crippen LogP contribution in [0.5, 0.6) is 5.75 Å². The summed E-state index contributed by atoms with van der Waals surface area (Å²) >= 11 is 1.35. The SMILES string of the molecule is CC.CC.CC.Cc1nsc(-c2nnc(COc3ccccc3)c(C)c2C)n1. The van der Waals surface area contributed by atoms with Crippen molar-refractivity contribution in [1.29, 1.82) is 0 Å². The summed E-state index contributed by atoms with van der Waals surface area (Å²) in [5.41, 5.74) is 3.78. The first-order valence-electron chi connectivity index (χ1n) is 9.96. The lowest BCUT2D eigenvalue weighted by Gasteiger charge is -2.10. The molecule has 3 aromatic rings. The summed E-state index contributed by atoms with van der Waals surface area (Å²) in [6.45, 7) is 18.3. The van der Waals surface area contributed by atoms with Gasteiger partial charge >= 0.3 is 0 Å². The molecule has 0 N–H and O–H groups in total. The van der Waals surface area contributed by atoms with Gasteiger partial charge in [-0.05, 0) is 55.6 Å². The summed E-state index contributed by atoms with van der Waals surface area (Å²) in [6.07, 6.45) is 0. The van der Waals surface area contributed by atoms with Crippen LogP contribution in [0.3, 0.4) is 0 Å². The van der Waals surface area contributed by atoms with Gasteiger partial charge in [-0.3, -0.25) is 0 Å². The average Bonchev–Trinajstić information content (AvgIpc) is 3.20. The maximum Gasteiger partial charge on any atom is 0.164 e. The standard InChI is InChI=1S/C16H16N4OS.3C2H6/c1-10-11(2)15(16-17-12(3)20-22-16)19-18-14(10)9-21-13-7-5-4-6-8-13;3*1-2/h4-8H,9H2,1-3H3;3*1-2H3. The Balaban J connectivity index is 0.00000111. The van der Waals surface area contributed by atoms with Crippen LogP contribution >= 0.6 is 11.5 Å². The van der Waals surface area contributed by atoms with E-state index < -0.39 is 0 Å². The van der Waals surface area contributed by atoms with E-state index in [0.717, 1.165) is 39.1 Å². The lowest BCUT2D eigenvalue weighted by Crippen LogP contribution is -2.06. The molecule has 2 aromatic heterocycles. The van der Waals surface area contributed by atoms with Crippen molar-refractivity contribution >= 4 is 11.5 Å². The summed E-state index contributed by atoms with van der Waals surface area (Å²) in [7, 11) is 0. The molecule has 0 aliphatic carbocycles. The van der Waals surface area contributed by atoms with Crippen molar-refractivity contribution in [3.8, 4) is 16.5 Å². The highest BCUT2D eigenvalue weighted by atomic mass is 32.1. The molecule has 6 heteroatoms. The van der Waals surface area contributed by atoms with E-state index in [-0.39, 0.29) is 0 Å². The molecule has 5 nitrogen and oxygen atoms in total. The number of hydrogen-bond acceptors (Lipinski definition) is 6. The van der Waals surface area contributed by atoms with Crippen LogP contribution in [0, 0.1) is 20.8 Å². The van der Waals surface area contributed by atoms with E-state index in [0.29, 0.717) is 6.61 Å². The summed E-state index contributed by atoms with van der Waals surface area (Å²) in [6, 6.07) is 9.70. The van der Waals surface area contributed by atoms with Gasteiger partial charge in [0.25, 0.3) is 0 Å². The molecule has 0 saturated heterocycles. The van der Waals surface area contributed by atoms with Gasteiger partial charge in [0.05, 0.1) is 0 Å². The van der Waals surface area contributed by atoms with Crippen molar-refractivity contribution in [2.24, 2.45) is 0 Å². The third-order valence-electron chi connectivity index (χ3n) is 3.47. The van der Waals surface area contributed by atoms with Crippen molar-refractivity contribution in [2.75, 3.05) is 0 Å². The quantitative estimate of drug-likeness (QED) is 0.493. The molecular formula is C22H34N4OS. The van der Waals surface area contributed by atoms with Gasteiger partial charge in [0.1, 0.15) is 29.6 Å². The van der Waals surface area contributed by atoms with E-state index >= 15 is 0 Å². The second kappa shape index (κ2) is 14.7. The summed E-state index contributed by atoms with van der Waals surface area (Å²) in [5, 5.41) is 9.42. The number of aromatic nitrogens is 4. The lowest BCUT2D eigenvalue weighted by molar-refractivity contribution is 0.299. The topological polar surface area (TPSA) is 60.8 Å². The van der Waals surface area contributed by atoms with Gasteiger partial charge in [-0.25, -0.2) is 4.98 Å². The van der Waals surface area contributed by atoms with Crippen LogP contribution < -0.4 is 4.74 Å². The Hall–Kier alpha value is -2.34. The van der Waals surface area contributed by atoms with Gasteiger partial charge in [0, 0.05) is 0 Å². The Kier molecular flexibility index (Phi) is 13.5. The fraction of sp³-hybridized carbons (Fsp3) is 0.455. The first-order chi connectivity index (χ1) is 13.6. The molecule has 0 aliphatic rings. The third kappa shape index (κ3) is 7.35. The molecular weight excluding hydrogens is 368 g/mol. The van der Waals surface area contributed by atoms with Gasteiger partial charge in [-0.2, -0.15) is 9.47 Å². The number of benzene rings is 1. The highest BCUT2D eigenvalue weighted by Gasteiger charge is 2.14. The number of para-hydroxylation sites is 1. The minimum Gasteiger partial charge on any atom is -0.487 e. The molecule has 154 valence electrons. The Labute approximate surface area is 174 Å². The average molecular weight is 403 g/mol. The molecule has 3 rings (SSSR count). The summed E-state index contributed by atoms with van der Waals surface area (Å²) < 4.78 is 9.95. The van der Waals surface area contributed by atoms with E-state index in [1.807, 2.05) is 92.6 Å². The molecule has 0 spiro atoms. The van der Waals surface area contributed by atoms with E-state index in [9.17, 15) is 0 Å². The highest BCUT2D eigenvalue weighted by Crippen LogP contribution is 2.25. The number of nitrogens with zero attached hydrogens (tertiary/aromatic N) is 4. The van der Waals surface area contributed by atoms with Gasteiger partial charge in [0.2, 0.25) is 0 Å². The second-order valence-corrected chi connectivity index (χ2v) is 5.75. The predicted molar refractivity (Wildman–Crippen MR) is 120 cm³/mol. The highest BCUT2D eigenvalue weighted by molar-refractivity contribution is 7.09. The Morgan fingerprint density at radius 1 is 0.821 bits per heavy atom. The van der Waals surface area contributed by atoms with Crippen LogP contribution in [0.4, 0.5) is 0 Å². The third-order valence-corrected chi connectivity index (χ3v) is 4.28. The van der Waals surface area contributed by atoms with Crippen LogP contribution in [0.2, 0.25) is 0 Å². The molecule has 0 bridgehead atoms. The first kappa shape index (κ1) is 25.7. The molecule has 0 saturated carbocycles. The number of ether oxygens (including phenoxy) is 1. The molecule has 0 fully saturated rings. The minimum absolute atomic E-state index is 0.402. The lowest BCUT2D eigenvalue weighted by atomic mass is 10.1. The Morgan fingerprint density at radius 3 is 1.96 bits per heavy atom. The summed E-state index contributed by atoms with van der Waals surface area (Å²) in [5.74, 6) is 1.58. The fourth-order valence-electron chi connectivity index (χ4n) is 2.06. The molecule has 0 unspecified atom stereocenters. The van der Waals surface area contributed by atoms with Crippen molar-refractivity contribution in [2.45, 2.75) is 68.9 Å². The largest absolute Gasteiger partial charge is 0.487 e. The van der Waals surface area contributed by atoms with Gasteiger partial charge in [-0.15, -0.1) is 5.10 Å². The molecule has 0 atom stereocenters. The van der Waals surface area contributed by atoms with Crippen LogP contribution in [-0.4, -0.2) is 19.6 Å². The van der Waals surface area contributed by atoms with Crippen molar-refractivity contribution in [3.63, 3.8) is 0 Å². The van der Waals surface area contributed by atoms with Crippen molar-refractivity contribution in [1.82, 2.24) is 19.6 Å². The van der Waals surface area contributed by atoms with E-state index in [4.69, 9.17) is 4.74 Å². The van der Waals surface area contributed by atoms with Crippen LogP contribution in [0.25, 0.3) is 10.7 Å². The van der Waals surface area contributed by atoms with Crippen LogP contribution in [0.1, 0.15) is 64.2 Å². The second-order valence-electron chi connectivity index (χ2n) is 4.99. The van der Waals surface area contributed by atoms with Crippen LogP contribution in [-0.2, 0) is 6.61 Å². The zero-order chi connectivity index (χ0) is 21.5. The van der Waals surface area contributed by atoms with Gasteiger partial charge < -0.3 is 4.74 Å². The van der Waals surface area contributed by atoms with E-state index in [1.54, 1.807) is 0 Å². The molecule has 2 heterocycles. The smallest absolute Gasteiger partial charge is 0.164 e. The van der Waals surface area contributed by atoms with Crippen molar-refractivity contribution < 1.29 is 4.74 Å². The van der Waals surface area contributed by atoms with Crippen LogP contribution in [0.15, 0.2) is 30.3 Å². The van der Waals surface area contributed by atoms with Gasteiger partial charge in [-0.1, -0.05) is 59.7 Å². The van der Waals surface area contributed by atoms with Crippen molar-refractivity contribution in [3.05, 3.63) is 53.0 Å². The molecule has 0 aliphatic heterocycles. The number of rotatable bonds is 4. The molecule has 0 radical (unpaired) electrons. The first-order valence-corrected chi connectivity index (χ1v) is 10.7.